The Labute approximate surface area is 144 Å². The lowest BCUT2D eigenvalue weighted by atomic mass is 9.85. The molecule has 1 aliphatic carbocycles. The number of hydrogen-bond acceptors (Lipinski definition) is 4. The Balaban J connectivity index is 1.70. The van der Waals surface area contributed by atoms with Gasteiger partial charge in [0, 0.05) is 11.3 Å². The van der Waals surface area contributed by atoms with E-state index in [4.69, 9.17) is 5.73 Å². The van der Waals surface area contributed by atoms with E-state index in [1.54, 1.807) is 11.3 Å². The Morgan fingerprint density at radius 1 is 1.35 bits per heavy atom. The minimum atomic E-state index is -0.754. The van der Waals surface area contributed by atoms with Gasteiger partial charge in [0.15, 0.2) is 5.78 Å². The number of rotatable bonds is 9. The quantitative estimate of drug-likeness (QED) is 0.514. The van der Waals surface area contributed by atoms with Gasteiger partial charge in [0.1, 0.15) is 6.23 Å². The number of ketones is 1. The third-order valence-electron chi connectivity index (χ3n) is 5.11. The maximum absolute atomic E-state index is 12.3. The fourth-order valence-electron chi connectivity index (χ4n) is 3.35. The molecule has 1 fully saturated rings. The van der Waals surface area contributed by atoms with Crippen molar-refractivity contribution in [2.75, 3.05) is 0 Å². The average Bonchev–Trinajstić information content (AvgIpc) is 3.02. The van der Waals surface area contributed by atoms with E-state index in [0.29, 0.717) is 12.2 Å². The Hall–Kier alpha value is -0.710. The number of Topliss-reactive ketones (excluding diaryl/α,β-unsaturated/α-hetero) is 1. The van der Waals surface area contributed by atoms with Crippen molar-refractivity contribution < 1.29 is 9.90 Å². The molecule has 0 aliphatic heterocycles. The molecule has 3 N–H and O–H groups in total. The first-order valence-electron chi connectivity index (χ1n) is 9.12. The minimum absolute atomic E-state index is 0.0896. The number of carbonyl (C=O) groups excluding carboxylic acids is 1. The maximum atomic E-state index is 12.3. The predicted octanol–water partition coefficient (Wildman–Crippen LogP) is 4.53. The highest BCUT2D eigenvalue weighted by Crippen LogP contribution is 2.28. The number of hydrogen-bond donors (Lipinski definition) is 2. The molecule has 23 heavy (non-hydrogen) atoms. The van der Waals surface area contributed by atoms with E-state index >= 15 is 0 Å². The first-order valence-corrected chi connectivity index (χ1v) is 9.93. The maximum Gasteiger partial charge on any atom is 0.172 e. The molecule has 0 amide bonds. The van der Waals surface area contributed by atoms with Gasteiger partial charge in [-0.05, 0) is 43.2 Å². The molecule has 0 aromatic carbocycles. The first kappa shape index (κ1) is 18.6. The van der Waals surface area contributed by atoms with E-state index in [-0.39, 0.29) is 5.92 Å². The molecule has 0 saturated heterocycles. The van der Waals surface area contributed by atoms with Crippen LogP contribution in [-0.4, -0.2) is 17.1 Å². The van der Waals surface area contributed by atoms with Crippen molar-refractivity contribution in [2.24, 2.45) is 17.6 Å². The standard InChI is InChI=1S/C19H31NO2S/c1-14(19(20)22)10-11-16-12-13-18(23-16)17(21)9-5-8-15-6-3-2-4-7-15/h12-15,19,22H,2-11,20H2,1H3. The monoisotopic (exact) mass is 337 g/mol. The Morgan fingerprint density at radius 2 is 2.09 bits per heavy atom. The summed E-state index contributed by atoms with van der Waals surface area (Å²) in [6.07, 6.45) is 10.8. The largest absolute Gasteiger partial charge is 0.379 e. The van der Waals surface area contributed by atoms with Gasteiger partial charge in [-0.2, -0.15) is 0 Å². The zero-order valence-corrected chi connectivity index (χ0v) is 15.1. The molecule has 1 aromatic heterocycles. The summed E-state index contributed by atoms with van der Waals surface area (Å²) in [4.78, 5) is 14.4. The molecule has 2 rings (SSSR count). The van der Waals surface area contributed by atoms with E-state index in [1.165, 1.54) is 43.4 Å². The smallest absolute Gasteiger partial charge is 0.172 e. The summed E-state index contributed by atoms with van der Waals surface area (Å²) in [6.45, 7) is 1.95. The third-order valence-corrected chi connectivity index (χ3v) is 6.29. The highest BCUT2D eigenvalue weighted by Gasteiger charge is 2.15. The third kappa shape index (κ3) is 6.36. The molecule has 1 aromatic rings. The number of aliphatic hydroxyl groups excluding tert-OH is 1. The normalized spacial score (nSPS) is 18.7. The van der Waals surface area contributed by atoms with Crippen molar-refractivity contribution >= 4 is 17.1 Å². The fourth-order valence-corrected chi connectivity index (χ4v) is 4.34. The molecular formula is C19H31NO2S. The van der Waals surface area contributed by atoms with Gasteiger partial charge in [-0.15, -0.1) is 11.3 Å². The second-order valence-electron chi connectivity index (χ2n) is 7.09. The SMILES string of the molecule is CC(CCc1ccc(C(=O)CCCC2CCCCC2)s1)C(N)O. The molecule has 0 bridgehead atoms. The molecule has 2 atom stereocenters. The number of thiophene rings is 1. The van der Waals surface area contributed by atoms with Crippen molar-refractivity contribution in [1.82, 2.24) is 0 Å². The van der Waals surface area contributed by atoms with Gasteiger partial charge in [0.25, 0.3) is 0 Å². The lowest BCUT2D eigenvalue weighted by Gasteiger charge is -2.20. The molecule has 1 aliphatic rings. The summed E-state index contributed by atoms with van der Waals surface area (Å²) < 4.78 is 0. The lowest BCUT2D eigenvalue weighted by molar-refractivity contribution is 0.0980. The summed E-state index contributed by atoms with van der Waals surface area (Å²) >= 11 is 1.61. The van der Waals surface area contributed by atoms with Crippen LogP contribution in [0.15, 0.2) is 12.1 Å². The molecule has 2 unspecified atom stereocenters. The molecule has 130 valence electrons. The second-order valence-corrected chi connectivity index (χ2v) is 8.26. The van der Waals surface area contributed by atoms with Gasteiger partial charge in [-0.3, -0.25) is 4.79 Å². The van der Waals surface area contributed by atoms with E-state index < -0.39 is 6.23 Å². The molecule has 4 heteroatoms. The van der Waals surface area contributed by atoms with E-state index in [9.17, 15) is 9.90 Å². The highest BCUT2D eigenvalue weighted by molar-refractivity contribution is 7.14. The summed E-state index contributed by atoms with van der Waals surface area (Å²) in [5.41, 5.74) is 5.47. The van der Waals surface area contributed by atoms with Crippen LogP contribution < -0.4 is 5.73 Å². The summed E-state index contributed by atoms with van der Waals surface area (Å²) in [5, 5.41) is 9.32. The van der Waals surface area contributed by atoms with Gasteiger partial charge in [0.05, 0.1) is 4.88 Å². The molecule has 1 saturated carbocycles. The van der Waals surface area contributed by atoms with Crippen LogP contribution in [0.4, 0.5) is 0 Å². The van der Waals surface area contributed by atoms with Crippen molar-refractivity contribution in [3.05, 3.63) is 21.9 Å². The highest BCUT2D eigenvalue weighted by atomic mass is 32.1. The van der Waals surface area contributed by atoms with Crippen LogP contribution in [-0.2, 0) is 6.42 Å². The van der Waals surface area contributed by atoms with Crippen LogP contribution in [0, 0.1) is 11.8 Å². The van der Waals surface area contributed by atoms with Gasteiger partial charge < -0.3 is 10.8 Å². The number of aryl methyl sites for hydroxylation is 1. The molecule has 0 spiro atoms. The van der Waals surface area contributed by atoms with Crippen molar-refractivity contribution in [1.29, 1.82) is 0 Å². The zero-order chi connectivity index (χ0) is 16.7. The summed E-state index contributed by atoms with van der Waals surface area (Å²) in [6, 6.07) is 4.02. The predicted molar refractivity (Wildman–Crippen MR) is 96.8 cm³/mol. The van der Waals surface area contributed by atoms with Gasteiger partial charge in [-0.1, -0.05) is 45.4 Å². The minimum Gasteiger partial charge on any atom is -0.379 e. The second kappa shape index (κ2) is 9.55. The Morgan fingerprint density at radius 3 is 2.78 bits per heavy atom. The molecule has 0 radical (unpaired) electrons. The van der Waals surface area contributed by atoms with Crippen LogP contribution >= 0.6 is 11.3 Å². The summed E-state index contributed by atoms with van der Waals surface area (Å²) in [5.74, 6) is 1.25. The molecular weight excluding hydrogens is 306 g/mol. The van der Waals surface area contributed by atoms with Gasteiger partial charge >= 0.3 is 0 Å². The molecule has 1 heterocycles. The fraction of sp³-hybridized carbons (Fsp3) is 0.737. The van der Waals surface area contributed by atoms with Crippen molar-refractivity contribution in [3.8, 4) is 0 Å². The van der Waals surface area contributed by atoms with Crippen LogP contribution in [0.1, 0.15) is 79.3 Å². The lowest BCUT2D eigenvalue weighted by Crippen LogP contribution is -2.27. The van der Waals surface area contributed by atoms with E-state index in [2.05, 4.69) is 6.07 Å². The Kier molecular flexibility index (Phi) is 7.74. The van der Waals surface area contributed by atoms with Crippen molar-refractivity contribution in [3.63, 3.8) is 0 Å². The Bertz CT molecular complexity index is 477. The van der Waals surface area contributed by atoms with E-state index in [0.717, 1.165) is 30.1 Å². The van der Waals surface area contributed by atoms with Crippen LogP contribution in [0.2, 0.25) is 0 Å². The average molecular weight is 338 g/mol. The summed E-state index contributed by atoms with van der Waals surface area (Å²) in [7, 11) is 0. The van der Waals surface area contributed by atoms with Crippen LogP contribution in [0.5, 0.6) is 0 Å². The number of nitrogens with two attached hydrogens (primary N) is 1. The number of carbonyl (C=O) groups is 1. The first-order chi connectivity index (χ1) is 11.1. The molecule has 3 nitrogen and oxygen atoms in total. The number of aliphatic hydroxyl groups is 1. The zero-order valence-electron chi connectivity index (χ0n) is 14.3. The van der Waals surface area contributed by atoms with E-state index in [1.807, 2.05) is 13.0 Å². The van der Waals surface area contributed by atoms with Crippen molar-refractivity contribution in [2.45, 2.75) is 77.4 Å². The van der Waals surface area contributed by atoms with Crippen LogP contribution in [0.3, 0.4) is 0 Å². The van der Waals surface area contributed by atoms with Gasteiger partial charge in [-0.25, -0.2) is 0 Å². The van der Waals surface area contributed by atoms with Crippen LogP contribution in [0.25, 0.3) is 0 Å². The van der Waals surface area contributed by atoms with Gasteiger partial charge in [0.2, 0.25) is 0 Å². The topological polar surface area (TPSA) is 63.3 Å².